The SMILES string of the molecule is O=C(CCCCCNC(=O)c1ccccc1Br)NN=Cc1cccnc1. The van der Waals surface area contributed by atoms with E-state index in [1.165, 1.54) is 0 Å². The number of carbonyl (C=O) groups excluding carboxylic acids is 2. The number of carbonyl (C=O) groups is 2. The minimum absolute atomic E-state index is 0.0973. The predicted molar refractivity (Wildman–Crippen MR) is 105 cm³/mol. The average molecular weight is 417 g/mol. The molecule has 0 aliphatic carbocycles. The molecule has 1 heterocycles. The Morgan fingerprint density at radius 2 is 1.96 bits per heavy atom. The van der Waals surface area contributed by atoms with Gasteiger partial charge in [0.25, 0.3) is 5.91 Å². The average Bonchev–Trinajstić information content (AvgIpc) is 2.65. The van der Waals surface area contributed by atoms with Gasteiger partial charge in [0.1, 0.15) is 0 Å². The van der Waals surface area contributed by atoms with Crippen LogP contribution < -0.4 is 10.7 Å². The second-order valence-electron chi connectivity index (χ2n) is 5.63. The largest absolute Gasteiger partial charge is 0.352 e. The van der Waals surface area contributed by atoms with E-state index < -0.39 is 0 Å². The van der Waals surface area contributed by atoms with Crippen LogP contribution in [0.1, 0.15) is 41.6 Å². The number of pyridine rings is 1. The number of benzene rings is 1. The quantitative estimate of drug-likeness (QED) is 0.373. The number of halogens is 1. The third-order valence-corrected chi connectivity index (χ3v) is 4.26. The van der Waals surface area contributed by atoms with E-state index >= 15 is 0 Å². The van der Waals surface area contributed by atoms with Gasteiger partial charge in [-0.2, -0.15) is 5.10 Å². The Hall–Kier alpha value is -2.54. The van der Waals surface area contributed by atoms with Crippen molar-refractivity contribution >= 4 is 34.0 Å². The molecule has 0 aliphatic rings. The zero-order valence-electron chi connectivity index (χ0n) is 14.3. The van der Waals surface area contributed by atoms with Crippen LogP contribution in [0, 0.1) is 0 Å². The van der Waals surface area contributed by atoms with Crippen LogP contribution in [-0.2, 0) is 4.79 Å². The summed E-state index contributed by atoms with van der Waals surface area (Å²) in [7, 11) is 0. The molecule has 26 heavy (non-hydrogen) atoms. The van der Waals surface area contributed by atoms with Gasteiger partial charge in [-0.15, -0.1) is 0 Å². The van der Waals surface area contributed by atoms with Crippen LogP contribution in [0.5, 0.6) is 0 Å². The minimum Gasteiger partial charge on any atom is -0.352 e. The van der Waals surface area contributed by atoms with Crippen LogP contribution >= 0.6 is 15.9 Å². The lowest BCUT2D eigenvalue weighted by Gasteiger charge is -2.06. The van der Waals surface area contributed by atoms with E-state index in [1.807, 2.05) is 24.3 Å². The summed E-state index contributed by atoms with van der Waals surface area (Å²) in [6, 6.07) is 11.0. The highest BCUT2D eigenvalue weighted by Gasteiger charge is 2.07. The highest BCUT2D eigenvalue weighted by Crippen LogP contribution is 2.15. The minimum atomic E-state index is -0.123. The predicted octanol–water partition coefficient (Wildman–Crippen LogP) is 3.28. The number of aromatic nitrogens is 1. The van der Waals surface area contributed by atoms with Crippen LogP contribution in [0.25, 0.3) is 0 Å². The van der Waals surface area contributed by atoms with Crippen molar-refractivity contribution in [2.24, 2.45) is 5.10 Å². The Labute approximate surface area is 161 Å². The second kappa shape index (κ2) is 11.1. The van der Waals surface area contributed by atoms with Crippen LogP contribution in [0.2, 0.25) is 0 Å². The molecular formula is C19H21BrN4O2. The molecule has 1 aromatic heterocycles. The second-order valence-corrected chi connectivity index (χ2v) is 6.48. The van der Waals surface area contributed by atoms with Crippen molar-refractivity contribution in [3.63, 3.8) is 0 Å². The van der Waals surface area contributed by atoms with Gasteiger partial charge in [-0.25, -0.2) is 5.43 Å². The highest BCUT2D eigenvalue weighted by molar-refractivity contribution is 9.10. The van der Waals surface area contributed by atoms with Crippen LogP contribution in [-0.4, -0.2) is 29.6 Å². The summed E-state index contributed by atoms with van der Waals surface area (Å²) in [5.74, 6) is -0.220. The van der Waals surface area contributed by atoms with E-state index in [0.29, 0.717) is 18.5 Å². The molecule has 0 bridgehead atoms. The molecule has 0 unspecified atom stereocenters. The maximum Gasteiger partial charge on any atom is 0.252 e. The third-order valence-electron chi connectivity index (χ3n) is 3.57. The Balaban J connectivity index is 1.55. The molecule has 2 N–H and O–H groups in total. The van der Waals surface area contributed by atoms with Gasteiger partial charge >= 0.3 is 0 Å². The molecule has 0 saturated heterocycles. The molecule has 2 rings (SSSR count). The van der Waals surface area contributed by atoms with Gasteiger partial charge in [-0.3, -0.25) is 14.6 Å². The molecule has 7 heteroatoms. The smallest absolute Gasteiger partial charge is 0.252 e. The third kappa shape index (κ3) is 7.14. The molecule has 0 fully saturated rings. The summed E-state index contributed by atoms with van der Waals surface area (Å²) in [6.07, 6.45) is 7.73. The zero-order chi connectivity index (χ0) is 18.6. The molecule has 1 aromatic carbocycles. The fourth-order valence-corrected chi connectivity index (χ4v) is 2.68. The maximum absolute atomic E-state index is 12.0. The van der Waals surface area contributed by atoms with Gasteiger partial charge in [-0.05, 0) is 47.0 Å². The molecule has 0 atom stereocenters. The molecule has 0 aliphatic heterocycles. The van der Waals surface area contributed by atoms with Crippen molar-refractivity contribution in [1.29, 1.82) is 0 Å². The van der Waals surface area contributed by atoms with Gasteiger partial charge in [0.15, 0.2) is 0 Å². The standard InChI is InChI=1S/C19H21BrN4O2/c20-17-9-4-3-8-16(17)19(26)22-12-5-1-2-10-18(25)24-23-14-15-7-6-11-21-13-15/h3-4,6-9,11,13-14H,1-2,5,10,12H2,(H,22,26)(H,24,25). The topological polar surface area (TPSA) is 83.5 Å². The first kappa shape index (κ1) is 19.8. The summed E-state index contributed by atoms with van der Waals surface area (Å²) in [4.78, 5) is 27.7. The monoisotopic (exact) mass is 416 g/mol. The number of unbranched alkanes of at least 4 members (excludes halogenated alkanes) is 2. The number of hydrogen-bond donors (Lipinski definition) is 2. The van der Waals surface area contributed by atoms with Crippen molar-refractivity contribution < 1.29 is 9.59 Å². The van der Waals surface area contributed by atoms with E-state index in [9.17, 15) is 9.59 Å². The van der Waals surface area contributed by atoms with E-state index in [2.05, 4.69) is 36.8 Å². The molecular weight excluding hydrogens is 396 g/mol. The molecule has 2 amide bonds. The number of nitrogens with one attached hydrogen (secondary N) is 2. The van der Waals surface area contributed by atoms with Crippen LogP contribution in [0.15, 0.2) is 58.4 Å². The Morgan fingerprint density at radius 3 is 2.73 bits per heavy atom. The molecule has 0 saturated carbocycles. The first-order chi connectivity index (χ1) is 12.7. The van der Waals surface area contributed by atoms with Crippen LogP contribution in [0.3, 0.4) is 0 Å². The van der Waals surface area contributed by atoms with E-state index in [-0.39, 0.29) is 11.8 Å². The van der Waals surface area contributed by atoms with Gasteiger partial charge < -0.3 is 5.32 Å². The maximum atomic E-state index is 12.0. The fraction of sp³-hybridized carbons (Fsp3) is 0.263. The normalized spacial score (nSPS) is 10.7. The van der Waals surface area contributed by atoms with Crippen molar-refractivity contribution in [2.45, 2.75) is 25.7 Å². The fourth-order valence-electron chi connectivity index (χ4n) is 2.22. The lowest BCUT2D eigenvalue weighted by molar-refractivity contribution is -0.121. The van der Waals surface area contributed by atoms with Crippen LogP contribution in [0.4, 0.5) is 0 Å². The highest BCUT2D eigenvalue weighted by atomic mass is 79.9. The van der Waals surface area contributed by atoms with Crippen molar-refractivity contribution in [1.82, 2.24) is 15.7 Å². The van der Waals surface area contributed by atoms with E-state index in [1.54, 1.807) is 30.7 Å². The van der Waals surface area contributed by atoms with Gasteiger partial charge in [0.2, 0.25) is 5.91 Å². The summed E-state index contributed by atoms with van der Waals surface area (Å²) in [6.45, 7) is 0.584. The summed E-state index contributed by atoms with van der Waals surface area (Å²) >= 11 is 3.36. The van der Waals surface area contributed by atoms with Gasteiger partial charge in [0, 0.05) is 35.4 Å². The summed E-state index contributed by atoms with van der Waals surface area (Å²) < 4.78 is 0.779. The molecule has 2 aromatic rings. The van der Waals surface area contributed by atoms with Gasteiger partial charge in [-0.1, -0.05) is 24.6 Å². The Kier molecular flexibility index (Phi) is 8.48. The number of nitrogens with zero attached hydrogens (tertiary/aromatic N) is 2. The number of hydrogen-bond acceptors (Lipinski definition) is 4. The Bertz CT molecular complexity index is 750. The molecule has 0 radical (unpaired) electrons. The van der Waals surface area contributed by atoms with Crippen molar-refractivity contribution in [3.05, 3.63) is 64.4 Å². The first-order valence-corrected chi connectivity index (χ1v) is 9.21. The number of amides is 2. The molecule has 136 valence electrons. The number of hydrazone groups is 1. The Morgan fingerprint density at radius 1 is 1.12 bits per heavy atom. The van der Waals surface area contributed by atoms with Crippen molar-refractivity contribution in [2.75, 3.05) is 6.54 Å². The lowest BCUT2D eigenvalue weighted by Crippen LogP contribution is -2.24. The van der Waals surface area contributed by atoms with Crippen molar-refractivity contribution in [3.8, 4) is 0 Å². The zero-order valence-corrected chi connectivity index (χ0v) is 15.9. The van der Waals surface area contributed by atoms with E-state index in [0.717, 1.165) is 29.3 Å². The lowest BCUT2D eigenvalue weighted by atomic mass is 10.2. The summed E-state index contributed by atoms with van der Waals surface area (Å²) in [5, 5.41) is 6.78. The van der Waals surface area contributed by atoms with E-state index in [4.69, 9.17) is 0 Å². The first-order valence-electron chi connectivity index (χ1n) is 8.41. The number of rotatable bonds is 9. The molecule has 0 spiro atoms. The molecule has 6 nitrogen and oxygen atoms in total. The van der Waals surface area contributed by atoms with Gasteiger partial charge in [0.05, 0.1) is 11.8 Å². The summed E-state index contributed by atoms with van der Waals surface area (Å²) in [5.41, 5.74) is 3.95.